The zero-order chi connectivity index (χ0) is 16.4. The molecule has 0 saturated heterocycles. The molecule has 1 aliphatic carbocycles. The van der Waals surface area contributed by atoms with Crippen molar-refractivity contribution in [3.05, 3.63) is 28.0 Å². The van der Waals surface area contributed by atoms with Crippen LogP contribution in [0.25, 0.3) is 0 Å². The predicted molar refractivity (Wildman–Crippen MR) is 90.3 cm³/mol. The Balaban J connectivity index is 1.69. The molecule has 0 unspecified atom stereocenters. The summed E-state index contributed by atoms with van der Waals surface area (Å²) in [5, 5.41) is 25.4. The zero-order valence-corrected chi connectivity index (χ0v) is 14.8. The number of thiazole rings is 1. The third kappa shape index (κ3) is 3.97. The second-order valence-electron chi connectivity index (χ2n) is 6.86. The van der Waals surface area contributed by atoms with Gasteiger partial charge in [-0.05, 0) is 33.6 Å². The van der Waals surface area contributed by atoms with Gasteiger partial charge in [-0.15, -0.1) is 16.4 Å². The Hall–Kier alpha value is -1.31. The van der Waals surface area contributed by atoms with Crippen LogP contribution in [0.5, 0.6) is 0 Å². The van der Waals surface area contributed by atoms with Gasteiger partial charge in [0.2, 0.25) is 0 Å². The molecule has 6 nitrogen and oxygen atoms in total. The van der Waals surface area contributed by atoms with E-state index in [2.05, 4.69) is 26.0 Å². The molecule has 1 fully saturated rings. The third-order valence-corrected chi connectivity index (χ3v) is 5.36. The van der Waals surface area contributed by atoms with Crippen LogP contribution in [0.4, 0.5) is 0 Å². The van der Waals surface area contributed by atoms with Crippen molar-refractivity contribution in [1.29, 1.82) is 0 Å². The highest BCUT2D eigenvalue weighted by Crippen LogP contribution is 2.29. The molecule has 2 aromatic rings. The first kappa shape index (κ1) is 16.5. The van der Waals surface area contributed by atoms with E-state index in [1.807, 2.05) is 17.8 Å². The normalized spacial score (nSPS) is 22.4. The Morgan fingerprint density at radius 1 is 1.39 bits per heavy atom. The highest BCUT2D eigenvalue weighted by atomic mass is 32.1. The maximum Gasteiger partial charge on any atom is 0.114 e. The van der Waals surface area contributed by atoms with Crippen LogP contribution in [-0.2, 0) is 12.1 Å². The summed E-state index contributed by atoms with van der Waals surface area (Å²) in [4.78, 5) is 4.52. The quantitative estimate of drug-likeness (QED) is 0.878. The molecule has 126 valence electrons. The lowest BCUT2D eigenvalue weighted by Crippen LogP contribution is -2.39. The van der Waals surface area contributed by atoms with Gasteiger partial charge in [0, 0.05) is 23.7 Å². The number of hydrogen-bond acceptors (Lipinski definition) is 6. The van der Waals surface area contributed by atoms with Crippen LogP contribution in [0.3, 0.4) is 0 Å². The maximum absolute atomic E-state index is 10.1. The van der Waals surface area contributed by atoms with Gasteiger partial charge in [0.25, 0.3) is 0 Å². The monoisotopic (exact) mass is 335 g/mol. The number of aliphatic hydroxyl groups is 1. The van der Waals surface area contributed by atoms with Crippen LogP contribution in [0, 0.1) is 6.92 Å². The lowest BCUT2D eigenvalue weighted by molar-refractivity contribution is 0.0736. The first-order chi connectivity index (χ1) is 10.9. The number of hydrogen-bond donors (Lipinski definition) is 2. The molecule has 2 heterocycles. The smallest absolute Gasteiger partial charge is 0.114 e. The molecule has 0 radical (unpaired) electrons. The van der Waals surface area contributed by atoms with Gasteiger partial charge in [0.1, 0.15) is 16.3 Å². The van der Waals surface area contributed by atoms with Gasteiger partial charge in [-0.1, -0.05) is 18.1 Å². The van der Waals surface area contributed by atoms with E-state index >= 15 is 0 Å². The highest BCUT2D eigenvalue weighted by molar-refractivity contribution is 7.09. The van der Waals surface area contributed by atoms with Crippen molar-refractivity contribution in [3.63, 3.8) is 0 Å². The highest BCUT2D eigenvalue weighted by Gasteiger charge is 2.29. The summed E-state index contributed by atoms with van der Waals surface area (Å²) in [6.07, 6.45) is 6.54. The largest absolute Gasteiger partial charge is 0.384 e. The summed E-state index contributed by atoms with van der Waals surface area (Å²) in [5.74, 6) is 0. The van der Waals surface area contributed by atoms with Gasteiger partial charge >= 0.3 is 0 Å². The maximum atomic E-state index is 10.1. The van der Waals surface area contributed by atoms with Crippen molar-refractivity contribution in [2.45, 2.75) is 70.7 Å². The molecule has 0 amide bonds. The van der Waals surface area contributed by atoms with E-state index in [-0.39, 0.29) is 6.04 Å². The minimum absolute atomic E-state index is 0.286. The fraction of sp³-hybridized carbons (Fsp3) is 0.688. The average Bonchev–Trinajstić information content (AvgIpc) is 3.14. The second-order valence-corrected chi connectivity index (χ2v) is 7.81. The Labute approximate surface area is 140 Å². The molecule has 3 rings (SSSR count). The Morgan fingerprint density at radius 2 is 2.17 bits per heavy atom. The van der Waals surface area contributed by atoms with E-state index in [4.69, 9.17) is 0 Å². The second kappa shape index (κ2) is 6.67. The topological polar surface area (TPSA) is 75.9 Å². The summed E-state index contributed by atoms with van der Waals surface area (Å²) < 4.78 is 1.93. The van der Waals surface area contributed by atoms with E-state index in [1.165, 1.54) is 12.8 Å². The van der Waals surface area contributed by atoms with E-state index < -0.39 is 5.60 Å². The molecule has 0 bridgehead atoms. The third-order valence-electron chi connectivity index (χ3n) is 4.39. The summed E-state index contributed by atoms with van der Waals surface area (Å²) in [6, 6.07) is 0.651. The minimum Gasteiger partial charge on any atom is -0.384 e. The summed E-state index contributed by atoms with van der Waals surface area (Å²) in [5.41, 5.74) is 0.754. The van der Waals surface area contributed by atoms with Crippen LogP contribution in [0.2, 0.25) is 0 Å². The van der Waals surface area contributed by atoms with Crippen LogP contribution in [-0.4, -0.2) is 31.1 Å². The minimum atomic E-state index is -0.950. The van der Waals surface area contributed by atoms with Gasteiger partial charge in [-0.25, -0.2) is 9.67 Å². The first-order valence-corrected chi connectivity index (χ1v) is 9.10. The van der Waals surface area contributed by atoms with Crippen molar-refractivity contribution in [2.24, 2.45) is 0 Å². The lowest BCUT2D eigenvalue weighted by atomic mass is 9.90. The van der Waals surface area contributed by atoms with E-state index in [0.29, 0.717) is 11.7 Å². The molecule has 23 heavy (non-hydrogen) atoms. The molecule has 0 aliphatic heterocycles. The Kier molecular flexibility index (Phi) is 4.79. The molecule has 2 atom stereocenters. The number of rotatable bonds is 5. The van der Waals surface area contributed by atoms with E-state index in [0.717, 1.165) is 30.1 Å². The average molecular weight is 335 g/mol. The lowest BCUT2D eigenvalue weighted by Gasteiger charge is -2.32. The van der Waals surface area contributed by atoms with Crippen LogP contribution >= 0.6 is 11.3 Å². The fourth-order valence-electron chi connectivity index (χ4n) is 3.09. The number of aromatic nitrogens is 4. The number of nitrogens with zero attached hydrogens (tertiary/aromatic N) is 4. The van der Waals surface area contributed by atoms with Gasteiger partial charge in [0.15, 0.2) is 0 Å². The van der Waals surface area contributed by atoms with Gasteiger partial charge in [-0.3, -0.25) is 0 Å². The van der Waals surface area contributed by atoms with Gasteiger partial charge in [0.05, 0.1) is 12.2 Å². The van der Waals surface area contributed by atoms with Gasteiger partial charge in [-0.2, -0.15) is 0 Å². The van der Waals surface area contributed by atoms with E-state index in [1.54, 1.807) is 25.2 Å². The summed E-state index contributed by atoms with van der Waals surface area (Å²) >= 11 is 1.70. The number of nitrogens with one attached hydrogen (secondary N) is 1. The summed E-state index contributed by atoms with van der Waals surface area (Å²) in [6.45, 7) is 6.30. The molecular formula is C16H25N5OS. The van der Waals surface area contributed by atoms with Crippen molar-refractivity contribution in [2.75, 3.05) is 0 Å². The van der Waals surface area contributed by atoms with Crippen molar-refractivity contribution in [3.8, 4) is 0 Å². The molecule has 0 spiro atoms. The SMILES string of the molecule is Cc1csc(CN[C@H]2CCCC[C@H]2n2cc(C(C)(C)O)nn2)n1. The molecule has 2 N–H and O–H groups in total. The summed E-state index contributed by atoms with van der Waals surface area (Å²) in [7, 11) is 0. The van der Waals surface area contributed by atoms with Crippen molar-refractivity contribution in [1.82, 2.24) is 25.3 Å². The molecular weight excluding hydrogens is 310 g/mol. The van der Waals surface area contributed by atoms with Crippen LogP contribution in [0.1, 0.15) is 62.0 Å². The predicted octanol–water partition coefficient (Wildman–Crippen LogP) is 2.54. The van der Waals surface area contributed by atoms with Crippen molar-refractivity contribution < 1.29 is 5.11 Å². The molecule has 0 aromatic carbocycles. The van der Waals surface area contributed by atoms with E-state index in [9.17, 15) is 5.11 Å². The number of aryl methyl sites for hydroxylation is 1. The molecule has 1 aliphatic rings. The molecule has 2 aromatic heterocycles. The Bertz CT molecular complexity index is 645. The van der Waals surface area contributed by atoms with Crippen LogP contribution in [0.15, 0.2) is 11.6 Å². The zero-order valence-electron chi connectivity index (χ0n) is 14.0. The molecule has 1 saturated carbocycles. The Morgan fingerprint density at radius 3 is 2.83 bits per heavy atom. The standard InChI is InChI=1S/C16H25N5OS/c1-11-10-23-15(18-11)8-17-12-6-4-5-7-13(12)21-9-14(19-20-21)16(2,3)22/h9-10,12-13,17,22H,4-8H2,1-3H3/t12-,13+/m0/s1. The van der Waals surface area contributed by atoms with Gasteiger partial charge < -0.3 is 10.4 Å². The molecule has 7 heteroatoms. The van der Waals surface area contributed by atoms with Crippen LogP contribution < -0.4 is 5.32 Å². The van der Waals surface area contributed by atoms with Crippen molar-refractivity contribution >= 4 is 11.3 Å². The fourth-order valence-corrected chi connectivity index (χ4v) is 3.81. The first-order valence-electron chi connectivity index (χ1n) is 8.22.